The number of nitrogens with two attached hydrogens (primary N) is 1. The van der Waals surface area contributed by atoms with Gasteiger partial charge in [0.15, 0.2) is 15.8 Å². The monoisotopic (exact) mass is 359 g/mol. The molecule has 2 aliphatic rings. The number of hydrogen-bond acceptors (Lipinski definition) is 5. The summed E-state index contributed by atoms with van der Waals surface area (Å²) in [5, 5.41) is 5.69. The lowest BCUT2D eigenvalue weighted by Gasteiger charge is -2.20. The van der Waals surface area contributed by atoms with Gasteiger partial charge in [0.25, 0.3) is 0 Å². The van der Waals surface area contributed by atoms with Crippen LogP contribution >= 0.6 is 0 Å². The Morgan fingerprint density at radius 3 is 2.83 bits per heavy atom. The Hall–Kier alpha value is -1.35. The number of sulfone groups is 1. The van der Waals surface area contributed by atoms with Gasteiger partial charge in [0, 0.05) is 25.0 Å². The molecule has 2 fully saturated rings. The molecule has 9 heteroatoms. The fraction of sp³-hybridized carbons (Fsp3) is 0.867. The summed E-state index contributed by atoms with van der Waals surface area (Å²) in [5.74, 6) is 0.399. The molecule has 4 N–H and O–H groups in total. The topological polar surface area (TPSA) is 117 Å². The summed E-state index contributed by atoms with van der Waals surface area (Å²) in [6.07, 6.45) is 3.10. The average molecular weight is 359 g/mol. The second-order valence-electron chi connectivity index (χ2n) is 6.49. The minimum Gasteiger partial charge on any atom is -0.370 e. The maximum atomic E-state index is 11.8. The molecule has 0 bridgehead atoms. The summed E-state index contributed by atoms with van der Waals surface area (Å²) in [6, 6.07) is 0.207. The number of nitrogens with zero attached hydrogens (tertiary/aromatic N) is 2. The molecule has 2 rings (SSSR count). The molecule has 2 unspecified atom stereocenters. The lowest BCUT2D eigenvalue weighted by molar-refractivity contribution is -0.121. The number of carbonyl (C=O) groups excluding carboxylic acids is 1. The van der Waals surface area contributed by atoms with E-state index in [1.807, 2.05) is 0 Å². The molecule has 0 aromatic rings. The predicted octanol–water partition coefficient (Wildman–Crippen LogP) is -0.932. The van der Waals surface area contributed by atoms with Crippen LogP contribution in [0.1, 0.15) is 32.6 Å². The van der Waals surface area contributed by atoms with E-state index in [4.69, 9.17) is 5.73 Å². The van der Waals surface area contributed by atoms with Crippen LogP contribution < -0.4 is 16.4 Å². The fourth-order valence-corrected chi connectivity index (χ4v) is 4.96. The van der Waals surface area contributed by atoms with E-state index in [9.17, 15) is 13.2 Å². The molecule has 0 radical (unpaired) electrons. The zero-order valence-corrected chi connectivity index (χ0v) is 15.1. The van der Waals surface area contributed by atoms with Crippen LogP contribution in [0.3, 0.4) is 0 Å². The molecule has 0 saturated carbocycles. The van der Waals surface area contributed by atoms with Gasteiger partial charge < -0.3 is 16.4 Å². The van der Waals surface area contributed by atoms with Crippen molar-refractivity contribution in [3.05, 3.63) is 0 Å². The standard InChI is InChI=1S/C15H29N5O3S/c1-2-20-8-3-4-13(20)10-18-15(16)17-7-5-14(21)19-12-6-9-24(22,23)11-12/h12-13H,2-11H2,1H3,(H,19,21)(H3,16,17,18). The molecule has 2 saturated heterocycles. The molecule has 8 nitrogen and oxygen atoms in total. The van der Waals surface area contributed by atoms with Gasteiger partial charge in [0.1, 0.15) is 0 Å². The number of nitrogens with one attached hydrogen (secondary N) is 2. The Morgan fingerprint density at radius 2 is 2.17 bits per heavy atom. The van der Waals surface area contributed by atoms with Crippen LogP contribution in [0.5, 0.6) is 0 Å². The third-order valence-corrected chi connectivity index (χ3v) is 6.40. The van der Waals surface area contributed by atoms with E-state index in [1.54, 1.807) is 0 Å². The number of amides is 1. The number of carbonyl (C=O) groups is 1. The minimum absolute atomic E-state index is 0.0467. The Bertz CT molecular complexity index is 563. The van der Waals surface area contributed by atoms with E-state index >= 15 is 0 Å². The summed E-state index contributed by atoms with van der Waals surface area (Å²) in [5.41, 5.74) is 5.83. The van der Waals surface area contributed by atoms with Crippen molar-refractivity contribution in [3.8, 4) is 0 Å². The van der Waals surface area contributed by atoms with Crippen LogP contribution in [0, 0.1) is 0 Å². The number of rotatable bonds is 7. The molecule has 0 spiro atoms. The average Bonchev–Trinajstić information content (AvgIpc) is 3.10. The third-order valence-electron chi connectivity index (χ3n) is 4.63. The molecule has 24 heavy (non-hydrogen) atoms. The highest BCUT2D eigenvalue weighted by atomic mass is 32.2. The summed E-state index contributed by atoms with van der Waals surface area (Å²) in [6.45, 7) is 5.38. The summed E-state index contributed by atoms with van der Waals surface area (Å²) < 4.78 is 22.7. The molecular weight excluding hydrogens is 330 g/mol. The molecule has 2 aliphatic heterocycles. The molecule has 2 heterocycles. The van der Waals surface area contributed by atoms with E-state index in [2.05, 4.69) is 27.4 Å². The molecular formula is C15H29N5O3S. The molecule has 0 aromatic heterocycles. The number of likely N-dealkylation sites (N-methyl/N-ethyl adjacent to an activating group) is 1. The van der Waals surface area contributed by atoms with Crippen molar-refractivity contribution in [1.82, 2.24) is 15.5 Å². The Morgan fingerprint density at radius 1 is 1.38 bits per heavy atom. The van der Waals surface area contributed by atoms with Gasteiger partial charge in [-0.1, -0.05) is 6.92 Å². The zero-order valence-electron chi connectivity index (χ0n) is 14.3. The number of likely N-dealkylation sites (tertiary alicyclic amines) is 1. The van der Waals surface area contributed by atoms with E-state index in [1.165, 1.54) is 6.42 Å². The van der Waals surface area contributed by atoms with Gasteiger partial charge in [0.2, 0.25) is 5.91 Å². The minimum atomic E-state index is -2.97. The van der Waals surface area contributed by atoms with Crippen molar-refractivity contribution in [2.45, 2.75) is 44.7 Å². The molecule has 0 aromatic carbocycles. The number of hydrogen-bond donors (Lipinski definition) is 3. The maximum absolute atomic E-state index is 11.8. The highest BCUT2D eigenvalue weighted by molar-refractivity contribution is 7.91. The molecule has 0 aliphatic carbocycles. The first-order valence-electron chi connectivity index (χ1n) is 8.67. The third kappa shape index (κ3) is 5.94. The molecule has 138 valence electrons. The quantitative estimate of drug-likeness (QED) is 0.399. The van der Waals surface area contributed by atoms with Crippen molar-refractivity contribution in [3.63, 3.8) is 0 Å². The smallest absolute Gasteiger partial charge is 0.222 e. The van der Waals surface area contributed by atoms with Crippen LogP contribution in [0.2, 0.25) is 0 Å². The predicted molar refractivity (Wildman–Crippen MR) is 94.6 cm³/mol. The Balaban J connectivity index is 1.62. The van der Waals surface area contributed by atoms with Gasteiger partial charge in [-0.3, -0.25) is 14.7 Å². The van der Waals surface area contributed by atoms with Crippen molar-refractivity contribution < 1.29 is 13.2 Å². The van der Waals surface area contributed by atoms with Crippen LogP contribution in [0.4, 0.5) is 0 Å². The molecule has 2 atom stereocenters. The number of aliphatic imine (C=N–C) groups is 1. The van der Waals surface area contributed by atoms with Crippen LogP contribution in [0.15, 0.2) is 4.99 Å². The highest BCUT2D eigenvalue weighted by Gasteiger charge is 2.28. The zero-order chi connectivity index (χ0) is 17.6. The van der Waals surface area contributed by atoms with Gasteiger partial charge in [-0.15, -0.1) is 0 Å². The summed E-state index contributed by atoms with van der Waals surface area (Å²) >= 11 is 0. The van der Waals surface area contributed by atoms with Gasteiger partial charge in [-0.2, -0.15) is 0 Å². The van der Waals surface area contributed by atoms with Gasteiger partial charge in [-0.25, -0.2) is 8.42 Å². The van der Waals surface area contributed by atoms with Crippen molar-refractivity contribution in [2.24, 2.45) is 10.7 Å². The lowest BCUT2D eigenvalue weighted by Crippen LogP contribution is -2.39. The Labute approximate surface area is 144 Å². The van der Waals surface area contributed by atoms with Crippen molar-refractivity contribution in [2.75, 3.05) is 37.7 Å². The second-order valence-corrected chi connectivity index (χ2v) is 8.72. The fourth-order valence-electron chi connectivity index (χ4n) is 3.29. The second kappa shape index (κ2) is 8.66. The van der Waals surface area contributed by atoms with Gasteiger partial charge >= 0.3 is 0 Å². The first-order chi connectivity index (χ1) is 11.4. The van der Waals surface area contributed by atoms with E-state index in [-0.39, 0.29) is 29.9 Å². The van der Waals surface area contributed by atoms with Gasteiger partial charge in [-0.05, 0) is 32.4 Å². The summed E-state index contributed by atoms with van der Waals surface area (Å²) in [4.78, 5) is 18.6. The maximum Gasteiger partial charge on any atom is 0.222 e. The van der Waals surface area contributed by atoms with Gasteiger partial charge in [0.05, 0.1) is 18.1 Å². The largest absolute Gasteiger partial charge is 0.370 e. The van der Waals surface area contributed by atoms with Crippen LogP contribution in [0.25, 0.3) is 0 Å². The Kier molecular flexibility index (Phi) is 6.85. The number of guanidine groups is 1. The van der Waals surface area contributed by atoms with E-state index in [0.29, 0.717) is 31.5 Å². The van der Waals surface area contributed by atoms with E-state index < -0.39 is 9.84 Å². The lowest BCUT2D eigenvalue weighted by atomic mass is 10.2. The van der Waals surface area contributed by atoms with Crippen molar-refractivity contribution >= 4 is 21.7 Å². The first-order valence-corrected chi connectivity index (χ1v) is 10.5. The van der Waals surface area contributed by atoms with Crippen molar-refractivity contribution in [1.29, 1.82) is 0 Å². The highest BCUT2D eigenvalue weighted by Crippen LogP contribution is 2.16. The molecule has 1 amide bonds. The normalized spacial score (nSPS) is 27.3. The SMILES string of the molecule is CCN1CCCC1CN=C(N)NCCC(=O)NC1CCS(=O)(=O)C1. The van der Waals surface area contributed by atoms with Crippen LogP contribution in [-0.4, -0.2) is 75.0 Å². The summed E-state index contributed by atoms with van der Waals surface area (Å²) in [7, 11) is -2.97. The van der Waals surface area contributed by atoms with E-state index in [0.717, 1.165) is 19.5 Å². The van der Waals surface area contributed by atoms with Crippen LogP contribution in [-0.2, 0) is 14.6 Å². The first kappa shape index (κ1) is 19.0.